The predicted molar refractivity (Wildman–Crippen MR) is 141 cm³/mol. The van der Waals surface area contributed by atoms with Crippen molar-refractivity contribution < 1.29 is 28.2 Å². The minimum absolute atomic E-state index is 0.0830. The molecule has 4 heterocycles. The topological polar surface area (TPSA) is 131 Å². The van der Waals surface area contributed by atoms with Crippen molar-refractivity contribution in [2.45, 2.75) is 31.3 Å². The van der Waals surface area contributed by atoms with Gasteiger partial charge in [-0.15, -0.1) is 11.3 Å². The number of pyridine rings is 1. The summed E-state index contributed by atoms with van der Waals surface area (Å²) >= 11 is 1.44. The molecule has 1 saturated heterocycles. The first-order valence-electron chi connectivity index (χ1n) is 12.1. The highest BCUT2D eigenvalue weighted by Crippen LogP contribution is 2.31. The molecule has 1 fully saturated rings. The van der Waals surface area contributed by atoms with Crippen molar-refractivity contribution in [1.82, 2.24) is 20.1 Å². The molecule has 202 valence electrons. The van der Waals surface area contributed by atoms with Crippen molar-refractivity contribution in [3.8, 4) is 22.8 Å². The van der Waals surface area contributed by atoms with Gasteiger partial charge in [-0.25, -0.2) is 14.1 Å². The number of carbonyl (C=O) groups is 2. The van der Waals surface area contributed by atoms with E-state index in [4.69, 9.17) is 19.9 Å². The molecular weight excluding hydrogens is 525 g/mol. The molecule has 3 unspecified atom stereocenters. The maximum absolute atomic E-state index is 14.4. The molecule has 1 aliphatic rings. The summed E-state index contributed by atoms with van der Waals surface area (Å²) in [7, 11) is 1.56. The van der Waals surface area contributed by atoms with Gasteiger partial charge >= 0.3 is 0 Å². The molecule has 10 nitrogen and oxygen atoms in total. The molecule has 0 saturated carbocycles. The van der Waals surface area contributed by atoms with E-state index in [0.29, 0.717) is 11.4 Å². The van der Waals surface area contributed by atoms with Gasteiger partial charge in [-0.1, -0.05) is 18.2 Å². The van der Waals surface area contributed by atoms with Gasteiger partial charge in [0.05, 0.1) is 43.3 Å². The summed E-state index contributed by atoms with van der Waals surface area (Å²) in [5, 5.41) is 9.22. The lowest BCUT2D eigenvalue weighted by atomic mass is 10.0. The van der Waals surface area contributed by atoms with E-state index in [1.54, 1.807) is 32.4 Å². The molecule has 2 amide bonds. The second kappa shape index (κ2) is 10.9. The number of ether oxygens (including phenoxy) is 3. The Bertz CT molecular complexity index is 1490. The molecule has 3 aromatic heterocycles. The molecule has 0 bridgehead atoms. The standard InChI is InChI=1S/C27H26FN5O5S/c1-16-15-37-27(38-16,26(29)35)23(13-18-6-5-11-39-18)31-25(34)20-12-17(28)14-30-24(20)33-10-9-21(32-33)19-7-3-4-8-22(19)36-2/h3-12,14,16,23H,13,15H2,1-2H3,(H2,29,35)(H,31,34). The van der Waals surface area contributed by atoms with Crippen LogP contribution in [0.25, 0.3) is 17.1 Å². The molecular formula is C27H26FN5O5S. The summed E-state index contributed by atoms with van der Waals surface area (Å²) in [6.45, 7) is 1.85. The number of amides is 2. The number of nitrogens with two attached hydrogens (primary N) is 1. The van der Waals surface area contributed by atoms with E-state index in [9.17, 15) is 14.0 Å². The van der Waals surface area contributed by atoms with E-state index >= 15 is 0 Å². The Morgan fingerprint density at radius 3 is 2.82 bits per heavy atom. The SMILES string of the molecule is COc1ccccc1-c1ccn(-c2ncc(F)cc2C(=O)NC(Cc2cccs2)C2(C(N)=O)OCC(C)O2)n1. The van der Waals surface area contributed by atoms with Crippen LogP contribution in [0.2, 0.25) is 0 Å². The molecule has 0 radical (unpaired) electrons. The van der Waals surface area contributed by atoms with Crippen LogP contribution >= 0.6 is 11.3 Å². The summed E-state index contributed by atoms with van der Waals surface area (Å²) in [6, 6.07) is 12.8. The third-order valence-corrected chi connectivity index (χ3v) is 7.17. The number of rotatable bonds is 9. The van der Waals surface area contributed by atoms with E-state index in [0.717, 1.165) is 22.7 Å². The molecule has 1 aliphatic heterocycles. The number of nitrogens with zero attached hydrogens (tertiary/aromatic N) is 3. The van der Waals surface area contributed by atoms with Gasteiger partial charge in [0.2, 0.25) is 0 Å². The van der Waals surface area contributed by atoms with Crippen LogP contribution in [0, 0.1) is 5.82 Å². The van der Waals surface area contributed by atoms with Crippen molar-refractivity contribution in [3.05, 3.63) is 82.6 Å². The second-order valence-corrected chi connectivity index (χ2v) is 9.98. The minimum atomic E-state index is -1.90. The first kappa shape index (κ1) is 26.5. The van der Waals surface area contributed by atoms with Crippen LogP contribution in [-0.2, 0) is 20.7 Å². The number of halogens is 1. The number of carbonyl (C=O) groups excluding carboxylic acids is 2. The van der Waals surface area contributed by atoms with Gasteiger partial charge in [0.15, 0.2) is 5.82 Å². The maximum Gasteiger partial charge on any atom is 0.280 e. The molecule has 3 atom stereocenters. The quantitative estimate of drug-likeness (QED) is 0.327. The van der Waals surface area contributed by atoms with Gasteiger partial charge in [-0.3, -0.25) is 9.59 Å². The van der Waals surface area contributed by atoms with Crippen molar-refractivity contribution in [2.24, 2.45) is 5.73 Å². The molecule has 5 rings (SSSR count). The number of nitrogens with one attached hydrogen (secondary N) is 1. The Kier molecular flexibility index (Phi) is 7.42. The van der Waals surface area contributed by atoms with Crippen molar-refractivity contribution in [2.75, 3.05) is 13.7 Å². The van der Waals surface area contributed by atoms with Crippen LogP contribution in [0.5, 0.6) is 5.75 Å². The summed E-state index contributed by atoms with van der Waals surface area (Å²) in [4.78, 5) is 31.3. The van der Waals surface area contributed by atoms with Gasteiger partial charge in [0, 0.05) is 23.1 Å². The summed E-state index contributed by atoms with van der Waals surface area (Å²) in [5.41, 5.74) is 6.92. The number of benzene rings is 1. The summed E-state index contributed by atoms with van der Waals surface area (Å²) in [6.07, 6.45) is 2.37. The largest absolute Gasteiger partial charge is 0.496 e. The van der Waals surface area contributed by atoms with Crippen LogP contribution in [0.3, 0.4) is 0 Å². The Balaban J connectivity index is 1.50. The monoisotopic (exact) mass is 551 g/mol. The number of para-hydroxylation sites is 1. The van der Waals surface area contributed by atoms with Crippen molar-refractivity contribution in [1.29, 1.82) is 0 Å². The lowest BCUT2D eigenvalue weighted by molar-refractivity contribution is -0.194. The highest BCUT2D eigenvalue weighted by atomic mass is 32.1. The Labute approximate surface area is 227 Å². The lowest BCUT2D eigenvalue weighted by Crippen LogP contribution is -2.61. The van der Waals surface area contributed by atoms with Gasteiger partial charge < -0.3 is 25.3 Å². The minimum Gasteiger partial charge on any atom is -0.496 e. The number of aromatic nitrogens is 3. The first-order chi connectivity index (χ1) is 18.8. The fraction of sp³-hybridized carbons (Fsp3) is 0.259. The normalized spacial score (nSPS) is 19.5. The first-order valence-corrected chi connectivity index (χ1v) is 13.0. The number of thiophene rings is 1. The number of hydrogen-bond acceptors (Lipinski definition) is 8. The molecule has 1 aromatic carbocycles. The highest BCUT2D eigenvalue weighted by molar-refractivity contribution is 7.09. The molecule has 0 aliphatic carbocycles. The van der Waals surface area contributed by atoms with Crippen LogP contribution < -0.4 is 15.8 Å². The molecule has 3 N–H and O–H groups in total. The molecule has 0 spiro atoms. The highest BCUT2D eigenvalue weighted by Gasteiger charge is 2.53. The van der Waals surface area contributed by atoms with Crippen LogP contribution in [-0.4, -0.2) is 58.2 Å². The van der Waals surface area contributed by atoms with E-state index in [-0.39, 0.29) is 24.4 Å². The molecule has 4 aromatic rings. The van der Waals surface area contributed by atoms with Crippen molar-refractivity contribution >= 4 is 23.2 Å². The van der Waals surface area contributed by atoms with E-state index in [1.165, 1.54) is 16.0 Å². The summed E-state index contributed by atoms with van der Waals surface area (Å²) < 4.78 is 32.8. The van der Waals surface area contributed by atoms with Crippen LogP contribution in [0.1, 0.15) is 22.2 Å². The zero-order valence-corrected chi connectivity index (χ0v) is 22.0. The molecule has 12 heteroatoms. The number of hydrogen-bond donors (Lipinski definition) is 2. The van der Waals surface area contributed by atoms with Gasteiger partial charge in [-0.2, -0.15) is 5.10 Å². The summed E-state index contributed by atoms with van der Waals surface area (Å²) in [5.74, 6) is -3.50. The van der Waals surface area contributed by atoms with Crippen LogP contribution in [0.15, 0.2) is 66.3 Å². The van der Waals surface area contributed by atoms with E-state index in [2.05, 4.69) is 15.4 Å². The average molecular weight is 552 g/mol. The number of primary amides is 1. The zero-order valence-electron chi connectivity index (χ0n) is 21.2. The van der Waals surface area contributed by atoms with Crippen molar-refractivity contribution in [3.63, 3.8) is 0 Å². The zero-order chi connectivity index (χ0) is 27.6. The van der Waals surface area contributed by atoms with E-state index < -0.39 is 35.6 Å². The Morgan fingerprint density at radius 2 is 2.13 bits per heavy atom. The lowest BCUT2D eigenvalue weighted by Gasteiger charge is -2.33. The Hall–Kier alpha value is -4.13. The van der Waals surface area contributed by atoms with Crippen LogP contribution in [0.4, 0.5) is 4.39 Å². The third-order valence-electron chi connectivity index (χ3n) is 6.27. The fourth-order valence-electron chi connectivity index (χ4n) is 4.46. The smallest absolute Gasteiger partial charge is 0.280 e. The molecule has 39 heavy (non-hydrogen) atoms. The maximum atomic E-state index is 14.4. The van der Waals surface area contributed by atoms with Gasteiger partial charge in [-0.05, 0) is 42.6 Å². The average Bonchev–Trinajstić information content (AvgIpc) is 3.70. The van der Waals surface area contributed by atoms with E-state index in [1.807, 2.05) is 35.7 Å². The Morgan fingerprint density at radius 1 is 1.31 bits per heavy atom. The fourth-order valence-corrected chi connectivity index (χ4v) is 5.21. The predicted octanol–water partition coefficient (Wildman–Crippen LogP) is 3.10. The van der Waals surface area contributed by atoms with Gasteiger partial charge in [0.1, 0.15) is 11.6 Å². The number of methoxy groups -OCH3 is 1. The van der Waals surface area contributed by atoms with Gasteiger partial charge in [0.25, 0.3) is 17.6 Å². The third kappa shape index (κ3) is 5.26. The second-order valence-electron chi connectivity index (χ2n) is 8.95.